The summed E-state index contributed by atoms with van der Waals surface area (Å²) >= 11 is 6.04. The van der Waals surface area contributed by atoms with Crippen molar-refractivity contribution in [1.29, 1.82) is 0 Å². The average Bonchev–Trinajstić information content (AvgIpc) is 2.52. The van der Waals surface area contributed by atoms with E-state index in [1.165, 1.54) is 11.1 Å². The molecular weight excluding hydrogens is 369 g/mol. The smallest absolute Gasteiger partial charge is 0.0602 e. The fraction of sp³-hybridized carbons (Fsp3) is 0.278. The molecule has 0 aromatic heterocycles. The summed E-state index contributed by atoms with van der Waals surface area (Å²) in [5.41, 5.74) is 2.63. The number of piperazine rings is 1. The van der Waals surface area contributed by atoms with Crippen LogP contribution in [0.25, 0.3) is 0 Å². The summed E-state index contributed by atoms with van der Waals surface area (Å²) in [6.45, 7) is 4.09. The van der Waals surface area contributed by atoms with Gasteiger partial charge in [0, 0.05) is 50.8 Å². The average molecular weight is 389 g/mol. The van der Waals surface area contributed by atoms with E-state index in [9.17, 15) is 0 Å². The predicted molar refractivity (Wildman–Crippen MR) is 88.2 cm³/mol. The van der Waals surface area contributed by atoms with Crippen LogP contribution in [-0.2, 0) is 32.7 Å². The van der Waals surface area contributed by atoms with Crippen LogP contribution in [0.15, 0.2) is 54.6 Å². The second kappa shape index (κ2) is 8.56. The summed E-state index contributed by atoms with van der Waals surface area (Å²) in [5.74, 6) is 0. The van der Waals surface area contributed by atoms with Crippen LogP contribution in [0.3, 0.4) is 0 Å². The van der Waals surface area contributed by atoms with Crippen LogP contribution >= 0.6 is 11.6 Å². The van der Waals surface area contributed by atoms with Gasteiger partial charge in [-0.25, -0.2) is 0 Å². The summed E-state index contributed by atoms with van der Waals surface area (Å²) in [6.07, 6.45) is 0. The largest absolute Gasteiger partial charge is 0.457 e. The van der Waals surface area contributed by atoms with Crippen molar-refractivity contribution in [1.82, 2.24) is 9.80 Å². The van der Waals surface area contributed by atoms with E-state index in [1.54, 1.807) is 0 Å². The van der Waals surface area contributed by atoms with Gasteiger partial charge in [0.1, 0.15) is 0 Å². The molecule has 1 fully saturated rings. The van der Waals surface area contributed by atoms with Gasteiger partial charge in [0.05, 0.1) is 6.04 Å². The second-order valence-electron chi connectivity index (χ2n) is 5.52. The van der Waals surface area contributed by atoms with Gasteiger partial charge in [0.2, 0.25) is 0 Å². The fourth-order valence-electron chi connectivity index (χ4n) is 2.92. The van der Waals surface area contributed by atoms with E-state index in [0.717, 1.165) is 31.2 Å². The molecule has 0 saturated carbocycles. The minimum absolute atomic E-state index is 0. The Balaban J connectivity index is 0.00000176. The van der Waals surface area contributed by atoms with Crippen molar-refractivity contribution in [2.75, 3.05) is 26.2 Å². The van der Waals surface area contributed by atoms with Crippen LogP contribution < -0.4 is 0 Å². The van der Waals surface area contributed by atoms with E-state index in [4.69, 9.17) is 11.6 Å². The Morgan fingerprint density at radius 3 is 1.95 bits per heavy atom. The quantitative estimate of drug-likeness (QED) is 0.737. The first kappa shape index (κ1) is 18.1. The summed E-state index contributed by atoms with van der Waals surface area (Å²) in [7, 11) is 4.04. The van der Waals surface area contributed by atoms with Gasteiger partial charge in [-0.05, 0) is 36.3 Å². The first-order chi connectivity index (χ1) is 10.2. The Labute approximate surface area is 163 Å². The Morgan fingerprint density at radius 1 is 0.818 bits per heavy atom. The summed E-state index contributed by atoms with van der Waals surface area (Å²) in [6, 6.07) is 19.2. The van der Waals surface area contributed by atoms with Crippen molar-refractivity contribution >= 4 is 11.6 Å². The molecule has 0 N–H and O–H groups in total. The van der Waals surface area contributed by atoms with Crippen molar-refractivity contribution in [3.8, 4) is 0 Å². The van der Waals surface area contributed by atoms with Crippen LogP contribution in [0, 0.1) is 7.05 Å². The summed E-state index contributed by atoms with van der Waals surface area (Å²) in [4.78, 5) is 4.67. The maximum absolute atomic E-state index is 6.04. The Morgan fingerprint density at radius 2 is 1.36 bits per heavy atom. The molecule has 4 heteroatoms. The molecular formula is C18H20ClN2Y-. The van der Waals surface area contributed by atoms with E-state index < -0.39 is 0 Å². The van der Waals surface area contributed by atoms with Gasteiger partial charge in [0.15, 0.2) is 0 Å². The summed E-state index contributed by atoms with van der Waals surface area (Å²) in [5, 5.41) is 0.785. The molecule has 2 aromatic carbocycles. The van der Waals surface area contributed by atoms with Crippen LogP contribution in [0.1, 0.15) is 17.2 Å². The summed E-state index contributed by atoms with van der Waals surface area (Å²) < 4.78 is 0. The first-order valence-electron chi connectivity index (χ1n) is 7.34. The normalized spacial score (nSPS) is 17.7. The number of benzene rings is 2. The fourth-order valence-corrected chi connectivity index (χ4v) is 3.04. The first-order valence-corrected chi connectivity index (χ1v) is 7.72. The molecule has 1 aliphatic heterocycles. The van der Waals surface area contributed by atoms with E-state index in [-0.39, 0.29) is 38.8 Å². The van der Waals surface area contributed by atoms with Crippen LogP contribution in [0.5, 0.6) is 0 Å². The molecule has 2 nitrogen and oxygen atoms in total. The zero-order valence-electron chi connectivity index (χ0n) is 12.7. The van der Waals surface area contributed by atoms with Gasteiger partial charge < -0.3 is 4.90 Å². The third-order valence-corrected chi connectivity index (χ3v) is 4.33. The number of nitrogens with zero attached hydrogens (tertiary/aromatic N) is 2. The van der Waals surface area contributed by atoms with Gasteiger partial charge in [-0.2, -0.15) is 0 Å². The van der Waals surface area contributed by atoms with Gasteiger partial charge in [-0.15, -0.1) is 0 Å². The molecule has 0 aliphatic carbocycles. The van der Waals surface area contributed by atoms with E-state index in [1.807, 2.05) is 12.1 Å². The minimum atomic E-state index is 0. The molecule has 1 saturated heterocycles. The molecule has 113 valence electrons. The van der Waals surface area contributed by atoms with E-state index >= 15 is 0 Å². The maximum Gasteiger partial charge on any atom is 0.0602 e. The van der Waals surface area contributed by atoms with Crippen molar-refractivity contribution < 1.29 is 32.7 Å². The number of rotatable bonds is 3. The maximum atomic E-state index is 6.04. The molecule has 0 amide bonds. The zero-order valence-corrected chi connectivity index (χ0v) is 16.3. The molecule has 1 unspecified atom stereocenters. The zero-order chi connectivity index (χ0) is 14.7. The van der Waals surface area contributed by atoms with Crippen LogP contribution in [0.4, 0.5) is 0 Å². The topological polar surface area (TPSA) is 6.48 Å². The predicted octanol–water partition coefficient (Wildman–Crippen LogP) is 3.84. The molecule has 1 aliphatic rings. The molecule has 1 radical (unpaired) electrons. The molecule has 2 aromatic rings. The Kier molecular flexibility index (Phi) is 7.04. The monoisotopic (exact) mass is 388 g/mol. The van der Waals surface area contributed by atoms with Gasteiger partial charge in [-0.3, -0.25) is 11.9 Å². The Bertz CT molecular complexity index is 565. The van der Waals surface area contributed by atoms with Gasteiger partial charge >= 0.3 is 0 Å². The Hall–Kier alpha value is -0.246. The molecule has 3 rings (SSSR count). The number of hydrogen-bond acceptors (Lipinski definition) is 2. The van der Waals surface area contributed by atoms with Crippen LogP contribution in [0.2, 0.25) is 5.02 Å². The van der Waals surface area contributed by atoms with Crippen molar-refractivity contribution in [2.45, 2.75) is 6.04 Å². The van der Waals surface area contributed by atoms with Crippen molar-refractivity contribution in [3.05, 3.63) is 77.8 Å². The molecule has 22 heavy (non-hydrogen) atoms. The molecule has 0 spiro atoms. The van der Waals surface area contributed by atoms with Crippen molar-refractivity contribution in [2.24, 2.45) is 0 Å². The third-order valence-electron chi connectivity index (χ3n) is 4.07. The number of hydrogen-bond donors (Lipinski definition) is 0. The molecule has 1 atom stereocenters. The van der Waals surface area contributed by atoms with E-state index in [0.29, 0.717) is 0 Å². The SMILES string of the molecule is [CH2-]N1CCN(C(c2ccccc2)c2ccc(Cl)cc2)CC1.[Y]. The van der Waals surface area contributed by atoms with Gasteiger partial charge in [-0.1, -0.05) is 54.1 Å². The van der Waals surface area contributed by atoms with Crippen LogP contribution in [-0.4, -0.2) is 36.0 Å². The van der Waals surface area contributed by atoms with Crippen molar-refractivity contribution in [3.63, 3.8) is 0 Å². The van der Waals surface area contributed by atoms with E-state index in [2.05, 4.69) is 59.3 Å². The third kappa shape index (κ3) is 4.40. The van der Waals surface area contributed by atoms with Gasteiger partial charge in [0.25, 0.3) is 0 Å². The number of halogens is 1. The molecule has 1 heterocycles. The molecule has 0 bridgehead atoms. The second-order valence-corrected chi connectivity index (χ2v) is 5.96. The minimum Gasteiger partial charge on any atom is -0.457 e. The standard InChI is InChI=1S/C18H20ClN2.Y/c1-20-11-13-21(14-12-20)18(15-5-3-2-4-6-15)16-7-9-17(19)10-8-16;/h2-10,18H,1,11-14H2;/q-1;.